The molecule has 29 heavy (non-hydrogen) atoms. The van der Waals surface area contributed by atoms with Crippen molar-refractivity contribution in [1.82, 2.24) is 9.89 Å². The highest BCUT2D eigenvalue weighted by Crippen LogP contribution is 2.49. The van der Waals surface area contributed by atoms with E-state index in [9.17, 15) is 14.0 Å². The Balaban J connectivity index is 1.48. The second-order valence-corrected chi connectivity index (χ2v) is 8.29. The number of hydrogen-bond donors (Lipinski definition) is 1. The monoisotopic (exact) mass is 391 g/mol. The first-order chi connectivity index (χ1) is 14.1. The summed E-state index contributed by atoms with van der Waals surface area (Å²) in [5, 5.41) is 5.54. The number of amides is 1. The predicted molar refractivity (Wildman–Crippen MR) is 109 cm³/mol. The topological polar surface area (TPSA) is 64.0 Å². The van der Waals surface area contributed by atoms with Crippen molar-refractivity contribution in [2.24, 2.45) is 17.8 Å². The van der Waals surface area contributed by atoms with Crippen molar-refractivity contribution >= 4 is 16.7 Å². The largest absolute Gasteiger partial charge is 0.294 e. The van der Waals surface area contributed by atoms with Crippen LogP contribution in [0.25, 0.3) is 22.0 Å². The lowest BCUT2D eigenvalue weighted by atomic mass is 9.86. The Kier molecular flexibility index (Phi) is 4.42. The minimum atomic E-state index is -0.368. The number of rotatable bonds is 4. The maximum absolute atomic E-state index is 13.4. The minimum absolute atomic E-state index is 0.183. The Hall–Kier alpha value is -3.02. The van der Waals surface area contributed by atoms with Crippen LogP contribution < -0.4 is 11.0 Å². The van der Waals surface area contributed by atoms with Crippen LogP contribution in [0.1, 0.15) is 32.1 Å². The van der Waals surface area contributed by atoms with Crippen molar-refractivity contribution < 1.29 is 9.18 Å². The first-order valence-electron chi connectivity index (χ1n) is 10.2. The second-order valence-electron chi connectivity index (χ2n) is 8.29. The number of fused-ring (bicyclic) bond motifs is 3. The summed E-state index contributed by atoms with van der Waals surface area (Å²) < 4.78 is 13.4. The van der Waals surface area contributed by atoms with Gasteiger partial charge in [-0.05, 0) is 67.3 Å². The van der Waals surface area contributed by atoms with Crippen LogP contribution in [0.4, 0.5) is 4.39 Å². The summed E-state index contributed by atoms with van der Waals surface area (Å²) in [5.74, 6) is 1.29. The Morgan fingerprint density at radius 1 is 1.07 bits per heavy atom. The van der Waals surface area contributed by atoms with E-state index in [4.69, 9.17) is 0 Å². The Morgan fingerprint density at radius 3 is 2.52 bits per heavy atom. The van der Waals surface area contributed by atoms with E-state index in [1.807, 2.05) is 12.1 Å². The van der Waals surface area contributed by atoms with Gasteiger partial charge >= 0.3 is 0 Å². The highest BCUT2D eigenvalue weighted by atomic mass is 19.1. The van der Waals surface area contributed by atoms with Gasteiger partial charge in [0, 0.05) is 17.4 Å². The first-order valence-corrected chi connectivity index (χ1v) is 10.2. The lowest BCUT2D eigenvalue weighted by Crippen LogP contribution is -2.36. The fourth-order valence-electron chi connectivity index (χ4n) is 5.11. The molecule has 2 aliphatic rings. The number of aromatic nitrogens is 2. The predicted octanol–water partition coefficient (Wildman–Crippen LogP) is 4.10. The van der Waals surface area contributed by atoms with Gasteiger partial charge in [-0.15, -0.1) is 9.89 Å². The molecule has 3 aromatic rings. The van der Waals surface area contributed by atoms with Gasteiger partial charge in [0.05, 0.1) is 5.39 Å². The molecule has 0 saturated heterocycles. The van der Waals surface area contributed by atoms with Crippen LogP contribution in [0.15, 0.2) is 53.3 Å². The molecule has 6 heteroatoms. The Labute approximate surface area is 167 Å². The van der Waals surface area contributed by atoms with E-state index in [0.29, 0.717) is 40.3 Å². The van der Waals surface area contributed by atoms with Gasteiger partial charge in [0.2, 0.25) is 5.91 Å². The van der Waals surface area contributed by atoms with Gasteiger partial charge in [0.15, 0.2) is 0 Å². The molecule has 0 aliphatic heterocycles. The van der Waals surface area contributed by atoms with Gasteiger partial charge in [-0.25, -0.2) is 9.82 Å². The van der Waals surface area contributed by atoms with Crippen molar-refractivity contribution in [1.29, 1.82) is 0 Å². The fourth-order valence-corrected chi connectivity index (χ4v) is 5.11. The van der Waals surface area contributed by atoms with Crippen molar-refractivity contribution in [3.8, 4) is 11.3 Å². The Bertz CT molecular complexity index is 1140. The van der Waals surface area contributed by atoms with E-state index in [1.54, 1.807) is 24.3 Å². The molecule has 1 amide bonds. The normalized spacial score (nSPS) is 22.9. The molecular weight excluding hydrogens is 369 g/mol. The van der Waals surface area contributed by atoms with Gasteiger partial charge in [0.25, 0.3) is 5.56 Å². The van der Waals surface area contributed by atoms with Crippen LogP contribution in [0.2, 0.25) is 0 Å². The van der Waals surface area contributed by atoms with Crippen LogP contribution in [0, 0.1) is 23.6 Å². The summed E-state index contributed by atoms with van der Waals surface area (Å²) in [5.41, 5.74) is 3.53. The van der Waals surface area contributed by atoms with Crippen molar-refractivity contribution in [2.75, 3.05) is 5.43 Å². The van der Waals surface area contributed by atoms with Gasteiger partial charge in [-0.3, -0.25) is 9.59 Å². The van der Waals surface area contributed by atoms with Crippen LogP contribution in [-0.2, 0) is 4.79 Å². The quantitative estimate of drug-likeness (QED) is 0.728. The van der Waals surface area contributed by atoms with E-state index < -0.39 is 0 Å². The third-order valence-corrected chi connectivity index (χ3v) is 6.49. The number of halogens is 1. The standard InChI is InChI=1S/C23H22FN3O2/c24-18-9-7-15(8-10-18)22-19-3-1-2-4-20(19)23(29)27(26-22)25-21(28)13-17-12-14-5-6-16(17)11-14/h1-4,7-10,14,16-17H,5-6,11-13H2,(H,25,28)/t14-,16+,17-/m1/s1. The molecule has 3 atom stereocenters. The number of carbonyl (C=O) groups excluding carboxylic acids is 1. The van der Waals surface area contributed by atoms with Crippen molar-refractivity contribution in [2.45, 2.75) is 32.1 Å². The van der Waals surface area contributed by atoms with Crippen LogP contribution in [-0.4, -0.2) is 15.8 Å². The van der Waals surface area contributed by atoms with Gasteiger partial charge in [-0.2, -0.15) is 0 Å². The van der Waals surface area contributed by atoms with E-state index >= 15 is 0 Å². The zero-order valence-electron chi connectivity index (χ0n) is 16.0. The summed E-state index contributed by atoms with van der Waals surface area (Å²) in [6.07, 6.45) is 5.27. The Morgan fingerprint density at radius 2 is 1.83 bits per heavy atom. The number of carbonyl (C=O) groups is 1. The minimum Gasteiger partial charge on any atom is -0.273 e. The highest BCUT2D eigenvalue weighted by molar-refractivity contribution is 5.94. The fraction of sp³-hybridized carbons (Fsp3) is 0.348. The van der Waals surface area contributed by atoms with Gasteiger partial charge in [-0.1, -0.05) is 24.6 Å². The molecule has 1 aromatic heterocycles. The summed E-state index contributed by atoms with van der Waals surface area (Å²) in [7, 11) is 0. The molecule has 5 nitrogen and oxygen atoms in total. The van der Waals surface area contributed by atoms with Gasteiger partial charge < -0.3 is 0 Å². The number of benzene rings is 2. The van der Waals surface area contributed by atoms with Crippen molar-refractivity contribution in [3.05, 3.63) is 64.7 Å². The SMILES string of the molecule is O=C(C[C@H]1C[C@@H]2CC[C@H]1C2)Nn1nc(-c2ccc(F)cc2)c2ccccc2c1=O. The smallest absolute Gasteiger partial charge is 0.273 e. The number of hydrogen-bond acceptors (Lipinski definition) is 3. The molecular formula is C23H22FN3O2. The third kappa shape index (κ3) is 3.33. The maximum atomic E-state index is 13.4. The van der Waals surface area contributed by atoms with E-state index in [2.05, 4.69) is 10.5 Å². The highest BCUT2D eigenvalue weighted by Gasteiger charge is 2.40. The average Bonchev–Trinajstić information content (AvgIpc) is 3.34. The summed E-state index contributed by atoms with van der Waals surface area (Å²) in [6.45, 7) is 0. The van der Waals surface area contributed by atoms with Crippen LogP contribution in [0.5, 0.6) is 0 Å². The number of nitrogens with one attached hydrogen (secondary N) is 1. The maximum Gasteiger partial charge on any atom is 0.294 e. The molecule has 2 aromatic carbocycles. The van der Waals surface area contributed by atoms with E-state index in [0.717, 1.165) is 17.1 Å². The molecule has 2 fully saturated rings. The first kappa shape index (κ1) is 18.0. The summed E-state index contributed by atoms with van der Waals surface area (Å²) in [6, 6.07) is 13.1. The van der Waals surface area contributed by atoms with E-state index in [-0.39, 0.29) is 17.3 Å². The third-order valence-electron chi connectivity index (χ3n) is 6.49. The lowest BCUT2D eigenvalue weighted by molar-refractivity contribution is -0.118. The molecule has 0 spiro atoms. The summed E-state index contributed by atoms with van der Waals surface area (Å²) in [4.78, 5) is 26.6. The molecule has 1 heterocycles. The lowest BCUT2D eigenvalue weighted by Gasteiger charge is -2.21. The van der Waals surface area contributed by atoms with Gasteiger partial charge in [0.1, 0.15) is 11.5 Å². The molecule has 2 bridgehead atoms. The van der Waals surface area contributed by atoms with E-state index in [1.165, 1.54) is 31.4 Å². The summed E-state index contributed by atoms with van der Waals surface area (Å²) >= 11 is 0. The molecule has 5 rings (SSSR count). The van der Waals surface area contributed by atoms with Crippen LogP contribution in [0.3, 0.4) is 0 Å². The van der Waals surface area contributed by atoms with Crippen LogP contribution >= 0.6 is 0 Å². The average molecular weight is 391 g/mol. The molecule has 0 radical (unpaired) electrons. The number of nitrogens with zero attached hydrogens (tertiary/aromatic N) is 2. The molecule has 0 unspecified atom stereocenters. The molecule has 2 aliphatic carbocycles. The molecule has 148 valence electrons. The zero-order valence-corrected chi connectivity index (χ0v) is 16.0. The second kappa shape index (κ2) is 7.10. The zero-order chi connectivity index (χ0) is 20.0. The molecule has 2 saturated carbocycles. The van der Waals surface area contributed by atoms with Crippen molar-refractivity contribution in [3.63, 3.8) is 0 Å². The molecule has 1 N–H and O–H groups in total.